The second kappa shape index (κ2) is 8.12. The van der Waals surface area contributed by atoms with Crippen molar-refractivity contribution in [1.29, 1.82) is 0 Å². The summed E-state index contributed by atoms with van der Waals surface area (Å²) in [7, 11) is 0. The van der Waals surface area contributed by atoms with Crippen molar-refractivity contribution in [3.63, 3.8) is 0 Å². The van der Waals surface area contributed by atoms with E-state index in [0.717, 1.165) is 6.04 Å². The van der Waals surface area contributed by atoms with Crippen LogP contribution in [0.3, 0.4) is 0 Å². The second-order valence-corrected chi connectivity index (χ2v) is 4.72. The van der Waals surface area contributed by atoms with E-state index < -0.39 is 0 Å². The quantitative estimate of drug-likeness (QED) is 0.698. The van der Waals surface area contributed by atoms with E-state index in [0.29, 0.717) is 0 Å². The summed E-state index contributed by atoms with van der Waals surface area (Å²) in [5, 5.41) is 3.62. The first-order chi connectivity index (χ1) is 7.36. The van der Waals surface area contributed by atoms with Crippen molar-refractivity contribution < 1.29 is 0 Å². The number of nitrogens with zero attached hydrogens (tertiary/aromatic N) is 1. The average Bonchev–Trinajstić information content (AvgIpc) is 2.29. The minimum atomic E-state index is 0.819. The summed E-state index contributed by atoms with van der Waals surface area (Å²) in [4.78, 5) is 2.57. The van der Waals surface area contributed by atoms with Crippen molar-refractivity contribution in [1.82, 2.24) is 10.2 Å². The zero-order chi connectivity index (χ0) is 10.9. The van der Waals surface area contributed by atoms with Gasteiger partial charge in [-0.15, -0.1) is 0 Å². The molecule has 1 aliphatic rings. The minimum absolute atomic E-state index is 0.819. The summed E-state index contributed by atoms with van der Waals surface area (Å²) >= 11 is 0. The van der Waals surface area contributed by atoms with E-state index in [1.54, 1.807) is 0 Å². The van der Waals surface area contributed by atoms with Gasteiger partial charge in [0.2, 0.25) is 0 Å². The molecule has 1 N–H and O–H groups in total. The van der Waals surface area contributed by atoms with E-state index in [2.05, 4.69) is 24.1 Å². The Morgan fingerprint density at radius 2 is 2.07 bits per heavy atom. The van der Waals surface area contributed by atoms with Crippen LogP contribution in [-0.2, 0) is 0 Å². The van der Waals surface area contributed by atoms with Gasteiger partial charge < -0.3 is 10.2 Å². The molecule has 2 nitrogen and oxygen atoms in total. The monoisotopic (exact) mass is 212 g/mol. The van der Waals surface area contributed by atoms with Gasteiger partial charge in [-0.3, -0.25) is 0 Å². The topological polar surface area (TPSA) is 15.3 Å². The normalized spacial score (nSPS) is 22.2. The molecule has 1 heterocycles. The Balaban J connectivity index is 2.03. The Hall–Kier alpha value is -0.0800. The molecule has 90 valence electrons. The summed E-state index contributed by atoms with van der Waals surface area (Å²) in [6.45, 7) is 9.57. The molecule has 0 saturated carbocycles. The fraction of sp³-hybridized carbons (Fsp3) is 1.00. The predicted molar refractivity (Wildman–Crippen MR) is 67.3 cm³/mol. The largest absolute Gasteiger partial charge is 0.314 e. The lowest BCUT2D eigenvalue weighted by atomic mass is 10.0. The molecule has 15 heavy (non-hydrogen) atoms. The molecule has 0 aromatic carbocycles. The zero-order valence-electron chi connectivity index (χ0n) is 10.6. The van der Waals surface area contributed by atoms with Gasteiger partial charge >= 0.3 is 0 Å². The maximum Gasteiger partial charge on any atom is 0.00675 e. The Morgan fingerprint density at radius 3 is 2.67 bits per heavy atom. The zero-order valence-corrected chi connectivity index (χ0v) is 10.6. The Bertz CT molecular complexity index is 137. The van der Waals surface area contributed by atoms with Crippen LogP contribution in [0.5, 0.6) is 0 Å². The SMILES string of the molecule is CCCN(CC)CCCC1CCCCN1. The molecule has 1 aliphatic heterocycles. The molecule has 1 rings (SSSR count). The summed E-state index contributed by atoms with van der Waals surface area (Å²) in [6, 6.07) is 0.819. The van der Waals surface area contributed by atoms with Gasteiger partial charge in [0.15, 0.2) is 0 Å². The first-order valence-corrected chi connectivity index (χ1v) is 6.82. The first kappa shape index (κ1) is 13.0. The van der Waals surface area contributed by atoms with Crippen molar-refractivity contribution in [3.8, 4) is 0 Å². The van der Waals surface area contributed by atoms with Gasteiger partial charge in [-0.1, -0.05) is 20.3 Å². The van der Waals surface area contributed by atoms with Crippen molar-refractivity contribution in [2.24, 2.45) is 0 Å². The van der Waals surface area contributed by atoms with Crippen molar-refractivity contribution in [3.05, 3.63) is 0 Å². The molecule has 2 heteroatoms. The lowest BCUT2D eigenvalue weighted by Gasteiger charge is -2.25. The Morgan fingerprint density at radius 1 is 1.20 bits per heavy atom. The summed E-state index contributed by atoms with van der Waals surface area (Å²) in [5.74, 6) is 0. The van der Waals surface area contributed by atoms with Gasteiger partial charge in [-0.05, 0) is 58.3 Å². The molecule has 0 amide bonds. The lowest BCUT2D eigenvalue weighted by Crippen LogP contribution is -2.35. The van der Waals surface area contributed by atoms with Crippen LogP contribution >= 0.6 is 0 Å². The van der Waals surface area contributed by atoms with Crippen molar-refractivity contribution in [2.45, 2.75) is 58.4 Å². The van der Waals surface area contributed by atoms with Crippen LogP contribution in [0.15, 0.2) is 0 Å². The van der Waals surface area contributed by atoms with E-state index in [1.165, 1.54) is 64.7 Å². The fourth-order valence-electron chi connectivity index (χ4n) is 2.48. The molecule has 0 spiro atoms. The first-order valence-electron chi connectivity index (χ1n) is 6.82. The number of hydrogen-bond donors (Lipinski definition) is 1. The highest BCUT2D eigenvalue weighted by Crippen LogP contribution is 2.12. The standard InChI is InChI=1S/C13H28N2/c1-3-11-15(4-2)12-7-9-13-8-5-6-10-14-13/h13-14H,3-12H2,1-2H3. The lowest BCUT2D eigenvalue weighted by molar-refractivity contribution is 0.269. The van der Waals surface area contributed by atoms with E-state index in [1.807, 2.05) is 0 Å². The molecule has 0 radical (unpaired) electrons. The molecular weight excluding hydrogens is 184 g/mol. The highest BCUT2D eigenvalue weighted by atomic mass is 15.1. The van der Waals surface area contributed by atoms with E-state index >= 15 is 0 Å². The van der Waals surface area contributed by atoms with E-state index in [9.17, 15) is 0 Å². The van der Waals surface area contributed by atoms with Gasteiger partial charge in [0.1, 0.15) is 0 Å². The number of hydrogen-bond acceptors (Lipinski definition) is 2. The van der Waals surface area contributed by atoms with Crippen LogP contribution in [0.25, 0.3) is 0 Å². The van der Waals surface area contributed by atoms with Crippen molar-refractivity contribution >= 4 is 0 Å². The van der Waals surface area contributed by atoms with Crippen LogP contribution in [0.2, 0.25) is 0 Å². The molecule has 0 bridgehead atoms. The average molecular weight is 212 g/mol. The van der Waals surface area contributed by atoms with Crippen LogP contribution < -0.4 is 5.32 Å². The summed E-state index contributed by atoms with van der Waals surface area (Å²) < 4.78 is 0. The maximum atomic E-state index is 3.62. The number of rotatable bonds is 7. The van der Waals surface area contributed by atoms with Crippen molar-refractivity contribution in [2.75, 3.05) is 26.2 Å². The van der Waals surface area contributed by atoms with Gasteiger partial charge in [-0.2, -0.15) is 0 Å². The number of nitrogens with one attached hydrogen (secondary N) is 1. The second-order valence-electron chi connectivity index (χ2n) is 4.72. The molecule has 1 saturated heterocycles. The van der Waals surface area contributed by atoms with Gasteiger partial charge in [-0.25, -0.2) is 0 Å². The summed E-state index contributed by atoms with van der Waals surface area (Å²) in [6.07, 6.45) is 8.25. The third kappa shape index (κ3) is 5.53. The molecular formula is C13H28N2. The highest BCUT2D eigenvalue weighted by Gasteiger charge is 2.12. The summed E-state index contributed by atoms with van der Waals surface area (Å²) in [5.41, 5.74) is 0. The fourth-order valence-corrected chi connectivity index (χ4v) is 2.48. The molecule has 1 atom stereocenters. The third-order valence-corrected chi connectivity index (χ3v) is 3.43. The van der Waals surface area contributed by atoms with Gasteiger partial charge in [0.05, 0.1) is 0 Å². The van der Waals surface area contributed by atoms with Gasteiger partial charge in [0.25, 0.3) is 0 Å². The molecule has 0 aromatic heterocycles. The van der Waals surface area contributed by atoms with E-state index in [-0.39, 0.29) is 0 Å². The molecule has 0 aliphatic carbocycles. The smallest absolute Gasteiger partial charge is 0.00675 e. The highest BCUT2D eigenvalue weighted by molar-refractivity contribution is 4.72. The Labute approximate surface area is 95.4 Å². The van der Waals surface area contributed by atoms with Crippen LogP contribution in [0.4, 0.5) is 0 Å². The van der Waals surface area contributed by atoms with Crippen LogP contribution in [0.1, 0.15) is 52.4 Å². The maximum absolute atomic E-state index is 3.62. The number of piperidine rings is 1. The molecule has 1 fully saturated rings. The predicted octanol–water partition coefficient (Wildman–Crippen LogP) is 2.64. The molecule has 0 aromatic rings. The molecule has 1 unspecified atom stereocenters. The minimum Gasteiger partial charge on any atom is -0.314 e. The Kier molecular flexibility index (Phi) is 7.03. The van der Waals surface area contributed by atoms with E-state index in [4.69, 9.17) is 0 Å². The third-order valence-electron chi connectivity index (χ3n) is 3.43. The van der Waals surface area contributed by atoms with Crippen LogP contribution in [0, 0.1) is 0 Å². The van der Waals surface area contributed by atoms with Gasteiger partial charge in [0, 0.05) is 6.04 Å². The van der Waals surface area contributed by atoms with Crippen LogP contribution in [-0.4, -0.2) is 37.1 Å².